The molecule has 0 radical (unpaired) electrons. The monoisotopic (exact) mass is 274 g/mol. The van der Waals surface area contributed by atoms with Crippen LogP contribution in [-0.2, 0) is 9.47 Å². The van der Waals surface area contributed by atoms with Crippen molar-refractivity contribution >= 4 is 0 Å². The van der Waals surface area contributed by atoms with Crippen LogP contribution in [0.4, 0.5) is 0 Å². The average molecular weight is 274 g/mol. The van der Waals surface area contributed by atoms with E-state index in [1.807, 2.05) is 0 Å². The SMILES string of the molecule is C#CCCCCCOC1O[C@H](CO)[C@@H](O)[C@H](O)[C@@H]1O. The van der Waals surface area contributed by atoms with Gasteiger partial charge in [-0.05, 0) is 12.8 Å². The molecule has 1 fully saturated rings. The standard InChI is InChI=1S/C13H22O6/c1-2-3-4-5-6-7-18-13-12(17)11(16)10(15)9(8-14)19-13/h1,9-17H,3-8H2/t9-,10-,11+,12+,13?/m1/s1. The molecule has 0 bridgehead atoms. The summed E-state index contributed by atoms with van der Waals surface area (Å²) in [5, 5.41) is 37.8. The molecule has 0 aromatic carbocycles. The summed E-state index contributed by atoms with van der Waals surface area (Å²) in [6.07, 6.45) is 2.39. The van der Waals surface area contributed by atoms with Crippen LogP contribution in [0.5, 0.6) is 0 Å². The first-order valence-electron chi connectivity index (χ1n) is 6.47. The van der Waals surface area contributed by atoms with Gasteiger partial charge < -0.3 is 29.9 Å². The number of aliphatic hydroxyl groups excluding tert-OH is 4. The molecule has 0 aliphatic carbocycles. The van der Waals surface area contributed by atoms with Gasteiger partial charge >= 0.3 is 0 Å². The van der Waals surface area contributed by atoms with Crippen molar-refractivity contribution in [1.29, 1.82) is 0 Å². The predicted octanol–water partition coefficient (Wildman–Crippen LogP) is -1.00. The highest BCUT2D eigenvalue weighted by atomic mass is 16.7. The van der Waals surface area contributed by atoms with Gasteiger partial charge in [-0.1, -0.05) is 6.42 Å². The van der Waals surface area contributed by atoms with Crippen molar-refractivity contribution in [1.82, 2.24) is 0 Å². The number of rotatable bonds is 7. The maximum atomic E-state index is 9.69. The number of aliphatic hydroxyl groups is 4. The van der Waals surface area contributed by atoms with Crippen LogP contribution in [0.25, 0.3) is 0 Å². The molecule has 0 saturated carbocycles. The van der Waals surface area contributed by atoms with E-state index in [0.29, 0.717) is 6.61 Å². The Bertz CT molecular complexity index is 287. The third kappa shape index (κ3) is 4.73. The minimum absolute atomic E-state index is 0.354. The maximum Gasteiger partial charge on any atom is 0.186 e. The second-order valence-corrected chi connectivity index (χ2v) is 4.58. The molecule has 1 aliphatic heterocycles. The van der Waals surface area contributed by atoms with Gasteiger partial charge in [0.05, 0.1) is 6.61 Å². The van der Waals surface area contributed by atoms with Gasteiger partial charge in [0, 0.05) is 13.0 Å². The molecule has 0 aromatic rings. The van der Waals surface area contributed by atoms with Crippen LogP contribution in [0.2, 0.25) is 0 Å². The molecular formula is C13H22O6. The summed E-state index contributed by atoms with van der Waals surface area (Å²) >= 11 is 0. The Labute approximate surface area is 113 Å². The maximum absolute atomic E-state index is 9.69. The van der Waals surface area contributed by atoms with Gasteiger partial charge in [0.2, 0.25) is 0 Å². The number of hydrogen-bond acceptors (Lipinski definition) is 6. The lowest BCUT2D eigenvalue weighted by Gasteiger charge is -2.39. The van der Waals surface area contributed by atoms with Crippen LogP contribution >= 0.6 is 0 Å². The second kappa shape index (κ2) is 8.48. The van der Waals surface area contributed by atoms with Gasteiger partial charge in [0.1, 0.15) is 24.4 Å². The summed E-state index contributed by atoms with van der Waals surface area (Å²) < 4.78 is 10.5. The first-order chi connectivity index (χ1) is 9.11. The van der Waals surface area contributed by atoms with E-state index in [4.69, 9.17) is 21.0 Å². The Morgan fingerprint density at radius 1 is 1.05 bits per heavy atom. The minimum atomic E-state index is -1.39. The largest absolute Gasteiger partial charge is 0.394 e. The Balaban J connectivity index is 2.30. The van der Waals surface area contributed by atoms with Crippen molar-refractivity contribution < 1.29 is 29.9 Å². The highest BCUT2D eigenvalue weighted by molar-refractivity contribution is 4.88. The molecule has 6 nitrogen and oxygen atoms in total. The van der Waals surface area contributed by atoms with E-state index in [1.54, 1.807) is 0 Å². The van der Waals surface area contributed by atoms with Gasteiger partial charge in [-0.15, -0.1) is 12.3 Å². The van der Waals surface area contributed by atoms with Crippen LogP contribution in [0.3, 0.4) is 0 Å². The quantitative estimate of drug-likeness (QED) is 0.351. The highest BCUT2D eigenvalue weighted by Gasteiger charge is 2.43. The van der Waals surface area contributed by atoms with Crippen molar-refractivity contribution in [2.24, 2.45) is 0 Å². The number of ether oxygens (including phenoxy) is 2. The molecule has 1 saturated heterocycles. The molecule has 1 rings (SSSR count). The molecule has 1 unspecified atom stereocenters. The zero-order valence-electron chi connectivity index (χ0n) is 10.8. The van der Waals surface area contributed by atoms with Crippen molar-refractivity contribution in [2.75, 3.05) is 13.2 Å². The van der Waals surface area contributed by atoms with Crippen LogP contribution in [0.1, 0.15) is 25.7 Å². The van der Waals surface area contributed by atoms with Crippen molar-refractivity contribution in [3.05, 3.63) is 0 Å². The molecule has 0 aromatic heterocycles. The Kier molecular flexibility index (Phi) is 7.31. The van der Waals surface area contributed by atoms with Crippen LogP contribution in [0, 0.1) is 12.3 Å². The van der Waals surface area contributed by atoms with E-state index in [-0.39, 0.29) is 0 Å². The van der Waals surface area contributed by atoms with Crippen LogP contribution in [-0.4, -0.2) is 64.3 Å². The molecule has 19 heavy (non-hydrogen) atoms. The molecule has 0 spiro atoms. The fraction of sp³-hybridized carbons (Fsp3) is 0.846. The molecule has 110 valence electrons. The van der Waals surface area contributed by atoms with Gasteiger partial charge in [-0.3, -0.25) is 0 Å². The summed E-state index contributed by atoms with van der Waals surface area (Å²) in [7, 11) is 0. The van der Waals surface area contributed by atoms with E-state index < -0.39 is 37.3 Å². The summed E-state index contributed by atoms with van der Waals surface area (Å²) in [4.78, 5) is 0. The van der Waals surface area contributed by atoms with E-state index in [1.165, 1.54) is 0 Å². The fourth-order valence-corrected chi connectivity index (χ4v) is 1.91. The zero-order valence-corrected chi connectivity index (χ0v) is 10.8. The molecule has 6 heteroatoms. The molecule has 1 aliphatic rings. The Morgan fingerprint density at radius 3 is 2.42 bits per heavy atom. The first-order valence-corrected chi connectivity index (χ1v) is 6.47. The summed E-state index contributed by atoms with van der Waals surface area (Å²) in [6, 6.07) is 0. The highest BCUT2D eigenvalue weighted by Crippen LogP contribution is 2.22. The van der Waals surface area contributed by atoms with Crippen molar-refractivity contribution in [3.63, 3.8) is 0 Å². The summed E-state index contributed by atoms with van der Waals surface area (Å²) in [6.45, 7) is -0.0970. The second-order valence-electron chi connectivity index (χ2n) is 4.58. The van der Waals surface area contributed by atoms with E-state index in [0.717, 1.165) is 25.7 Å². The Morgan fingerprint density at radius 2 is 1.79 bits per heavy atom. The van der Waals surface area contributed by atoms with Crippen LogP contribution < -0.4 is 0 Å². The molecular weight excluding hydrogens is 252 g/mol. The third-order valence-corrected chi connectivity index (χ3v) is 3.10. The Hall–Kier alpha value is -0.680. The number of hydrogen-bond donors (Lipinski definition) is 4. The lowest BCUT2D eigenvalue weighted by molar-refractivity contribution is -0.301. The molecule has 5 atom stereocenters. The van der Waals surface area contributed by atoms with Crippen LogP contribution in [0.15, 0.2) is 0 Å². The molecule has 0 amide bonds. The summed E-state index contributed by atoms with van der Waals surface area (Å²) in [5.41, 5.74) is 0. The minimum Gasteiger partial charge on any atom is -0.394 e. The average Bonchev–Trinajstić information content (AvgIpc) is 2.42. The summed E-state index contributed by atoms with van der Waals surface area (Å²) in [5.74, 6) is 2.54. The first kappa shape index (κ1) is 16.4. The van der Waals surface area contributed by atoms with Gasteiger partial charge in [-0.25, -0.2) is 0 Å². The number of terminal acetylenes is 1. The van der Waals surface area contributed by atoms with E-state index in [9.17, 15) is 15.3 Å². The van der Waals surface area contributed by atoms with Gasteiger partial charge in [0.25, 0.3) is 0 Å². The van der Waals surface area contributed by atoms with E-state index in [2.05, 4.69) is 5.92 Å². The number of unbranched alkanes of at least 4 members (excludes halogenated alkanes) is 3. The van der Waals surface area contributed by atoms with E-state index >= 15 is 0 Å². The lowest BCUT2D eigenvalue weighted by atomic mass is 9.99. The molecule has 4 N–H and O–H groups in total. The zero-order chi connectivity index (χ0) is 14.3. The third-order valence-electron chi connectivity index (χ3n) is 3.10. The predicted molar refractivity (Wildman–Crippen MR) is 67.0 cm³/mol. The smallest absolute Gasteiger partial charge is 0.186 e. The normalized spacial score (nSPS) is 35.0. The van der Waals surface area contributed by atoms with Crippen molar-refractivity contribution in [2.45, 2.75) is 56.4 Å². The lowest BCUT2D eigenvalue weighted by Crippen LogP contribution is -2.59. The van der Waals surface area contributed by atoms with Gasteiger partial charge in [0.15, 0.2) is 6.29 Å². The topological polar surface area (TPSA) is 99.4 Å². The van der Waals surface area contributed by atoms with Gasteiger partial charge in [-0.2, -0.15) is 0 Å². The van der Waals surface area contributed by atoms with Crippen molar-refractivity contribution in [3.8, 4) is 12.3 Å². The fourth-order valence-electron chi connectivity index (χ4n) is 1.91. The molecule has 1 heterocycles.